The number of rotatable bonds is 20. The minimum atomic E-state index is -4.81. The lowest BCUT2D eigenvalue weighted by Gasteiger charge is -2.39. The minimum absolute atomic E-state index is 0.00262. The lowest BCUT2D eigenvalue weighted by atomic mass is 9.82. The van der Waals surface area contributed by atoms with E-state index in [1.165, 1.54) is 70.6 Å². The molecule has 1 aliphatic rings. The summed E-state index contributed by atoms with van der Waals surface area (Å²) < 4.78 is 17.0. The lowest BCUT2D eigenvalue weighted by molar-refractivity contribution is -0.873. The summed E-state index contributed by atoms with van der Waals surface area (Å²) in [6.45, 7) is 2.74. The van der Waals surface area contributed by atoms with Gasteiger partial charge in [-0.05, 0) is 31.6 Å². The van der Waals surface area contributed by atoms with Gasteiger partial charge in [-0.15, -0.1) is 0 Å². The number of likely N-dealkylation sites (N-methyl/N-ethyl adjacent to an activating group) is 1. The van der Waals surface area contributed by atoms with E-state index >= 15 is 0 Å². The highest BCUT2D eigenvalue weighted by atomic mass is 31.2. The molecular formula is C27H55N2O5P. The van der Waals surface area contributed by atoms with Crippen LogP contribution in [0.25, 0.3) is 0 Å². The Morgan fingerprint density at radius 2 is 1.49 bits per heavy atom. The molecule has 0 aromatic heterocycles. The Balaban J connectivity index is 2.19. The van der Waals surface area contributed by atoms with E-state index in [1.807, 2.05) is 21.1 Å². The van der Waals surface area contributed by atoms with Gasteiger partial charge in [-0.25, -0.2) is 0 Å². The van der Waals surface area contributed by atoms with Gasteiger partial charge in [0.15, 0.2) is 0 Å². The normalized spacial score (nSPS) is 21.4. The molecule has 2 N–H and O–H groups in total. The lowest BCUT2D eigenvalue weighted by Crippen LogP contribution is -2.48. The highest BCUT2D eigenvalue weighted by Crippen LogP contribution is 2.39. The summed E-state index contributed by atoms with van der Waals surface area (Å²) >= 11 is 0. The molecule has 0 aromatic carbocycles. The second kappa shape index (κ2) is 17.9. The number of phosphoric acid groups is 1. The maximum absolute atomic E-state index is 12.5. The van der Waals surface area contributed by atoms with Gasteiger partial charge < -0.3 is 24.1 Å². The molecule has 1 fully saturated rings. The summed E-state index contributed by atoms with van der Waals surface area (Å²) in [7, 11) is 1.11. The summed E-state index contributed by atoms with van der Waals surface area (Å²) in [6.07, 6.45) is 20.1. The Bertz CT molecular complexity index is 605. The molecule has 0 aromatic rings. The minimum Gasteiger partial charge on any atom is -0.756 e. The Hall–Kier alpha value is -0.460. The van der Waals surface area contributed by atoms with Gasteiger partial charge in [0.2, 0.25) is 5.91 Å². The van der Waals surface area contributed by atoms with Crippen LogP contribution in [-0.2, 0) is 13.9 Å². The summed E-state index contributed by atoms with van der Waals surface area (Å²) in [5, 5.41) is 3.16. The molecule has 1 rings (SSSR count). The van der Waals surface area contributed by atoms with Crippen LogP contribution < -0.4 is 10.2 Å². The van der Waals surface area contributed by atoms with E-state index in [9.17, 15) is 19.1 Å². The van der Waals surface area contributed by atoms with Crippen LogP contribution in [0.4, 0.5) is 0 Å². The van der Waals surface area contributed by atoms with E-state index in [4.69, 9.17) is 4.52 Å². The number of amides is 1. The number of unbranched alkanes of at least 4 members (excludes halogenated alkanes) is 12. The van der Waals surface area contributed by atoms with Crippen molar-refractivity contribution in [1.82, 2.24) is 5.32 Å². The first kappa shape index (κ1) is 32.6. The van der Waals surface area contributed by atoms with Crippen LogP contribution >= 0.6 is 7.82 Å². The van der Waals surface area contributed by atoms with Crippen LogP contribution in [0.1, 0.15) is 122 Å². The van der Waals surface area contributed by atoms with Crippen LogP contribution in [0.3, 0.4) is 0 Å². The van der Waals surface area contributed by atoms with Crippen molar-refractivity contribution < 1.29 is 28.2 Å². The number of nitrogens with zero attached hydrogens (tertiary/aromatic N) is 1. The van der Waals surface area contributed by atoms with Gasteiger partial charge in [0.1, 0.15) is 12.6 Å². The molecule has 8 heteroatoms. The van der Waals surface area contributed by atoms with Gasteiger partial charge in [-0.3, -0.25) is 9.36 Å². The molecule has 0 bridgehead atoms. The van der Waals surface area contributed by atoms with Crippen LogP contribution in [0, 0.1) is 5.92 Å². The van der Waals surface area contributed by atoms with E-state index in [-0.39, 0.29) is 17.9 Å². The van der Waals surface area contributed by atoms with Gasteiger partial charge in [-0.2, -0.15) is 0 Å². The zero-order chi connectivity index (χ0) is 26.2. The van der Waals surface area contributed by atoms with Crippen LogP contribution in [0.15, 0.2) is 0 Å². The predicted octanol–water partition coefficient (Wildman–Crippen LogP) is 5.69. The summed E-state index contributed by atoms with van der Waals surface area (Å²) in [5.74, 6) is 0.0941. The topological polar surface area (TPSA) is 98.7 Å². The van der Waals surface area contributed by atoms with Gasteiger partial charge in [0.05, 0.1) is 21.1 Å². The van der Waals surface area contributed by atoms with Gasteiger partial charge in [-0.1, -0.05) is 90.4 Å². The van der Waals surface area contributed by atoms with E-state index in [0.29, 0.717) is 23.9 Å². The van der Waals surface area contributed by atoms with Gasteiger partial charge in [0.25, 0.3) is 7.82 Å². The molecule has 1 aliphatic carbocycles. The SMILES string of the molecule is CCCCCCCCCCCCCCCC(=O)NC1CCCC(C(C[N+](C)(C)C)OP(=O)([O-])O)C1. The molecular weight excluding hydrogens is 463 g/mol. The van der Waals surface area contributed by atoms with Crippen molar-refractivity contribution in [3.8, 4) is 0 Å². The van der Waals surface area contributed by atoms with Crippen molar-refractivity contribution in [3.05, 3.63) is 0 Å². The number of nitrogens with one attached hydrogen (secondary N) is 1. The standard InChI is InChI=1S/C27H55N2O5P/c1-5-6-7-8-9-10-11-12-13-14-15-16-17-21-27(30)28-25-20-18-19-24(22-25)26(23-29(2,3)4)34-35(31,32)33/h24-26H,5-23H2,1-4H3,(H2-,28,30,31,32,33). The van der Waals surface area contributed by atoms with E-state index in [0.717, 1.165) is 32.1 Å². The number of carbonyl (C=O) groups is 1. The molecule has 0 spiro atoms. The van der Waals surface area contributed by atoms with Crippen molar-refractivity contribution in [2.24, 2.45) is 5.92 Å². The second-order valence-corrected chi connectivity index (χ2v) is 12.9. The number of hydrogen-bond donors (Lipinski definition) is 2. The molecule has 208 valence electrons. The summed E-state index contributed by atoms with van der Waals surface area (Å²) in [5.41, 5.74) is 0. The van der Waals surface area contributed by atoms with Crippen molar-refractivity contribution in [2.75, 3.05) is 27.7 Å². The molecule has 1 saturated carbocycles. The number of hydrogen-bond acceptors (Lipinski definition) is 4. The fourth-order valence-corrected chi connectivity index (χ4v) is 5.86. The first-order chi connectivity index (χ1) is 16.5. The number of carbonyl (C=O) groups excluding carboxylic acids is 1. The molecule has 1 amide bonds. The zero-order valence-electron chi connectivity index (χ0n) is 23.1. The Kier molecular flexibility index (Phi) is 16.7. The monoisotopic (exact) mass is 518 g/mol. The maximum Gasteiger partial charge on any atom is 0.265 e. The fourth-order valence-electron chi connectivity index (χ4n) is 5.28. The molecule has 4 atom stereocenters. The third-order valence-corrected chi connectivity index (χ3v) is 7.65. The third kappa shape index (κ3) is 18.4. The smallest absolute Gasteiger partial charge is 0.265 e. The van der Waals surface area contributed by atoms with Gasteiger partial charge in [0, 0.05) is 12.5 Å². The maximum atomic E-state index is 12.5. The number of quaternary nitrogens is 1. The molecule has 0 radical (unpaired) electrons. The molecule has 0 aliphatic heterocycles. The molecule has 4 unspecified atom stereocenters. The van der Waals surface area contributed by atoms with E-state index in [1.54, 1.807) is 0 Å². The summed E-state index contributed by atoms with van der Waals surface area (Å²) in [6, 6.07) is 0.0477. The van der Waals surface area contributed by atoms with Crippen molar-refractivity contribution in [3.63, 3.8) is 0 Å². The molecule has 0 saturated heterocycles. The first-order valence-corrected chi connectivity index (χ1v) is 15.8. The average molecular weight is 519 g/mol. The van der Waals surface area contributed by atoms with Crippen molar-refractivity contribution >= 4 is 13.7 Å². The number of phosphoric ester groups is 1. The van der Waals surface area contributed by atoms with Crippen LogP contribution in [0.2, 0.25) is 0 Å². The van der Waals surface area contributed by atoms with E-state index < -0.39 is 13.9 Å². The Labute approximate surface area is 215 Å². The van der Waals surface area contributed by atoms with Gasteiger partial charge >= 0.3 is 0 Å². The van der Waals surface area contributed by atoms with Crippen LogP contribution in [0.5, 0.6) is 0 Å². The molecule has 7 nitrogen and oxygen atoms in total. The highest BCUT2D eigenvalue weighted by Gasteiger charge is 2.34. The molecule has 35 heavy (non-hydrogen) atoms. The van der Waals surface area contributed by atoms with E-state index in [2.05, 4.69) is 12.2 Å². The van der Waals surface area contributed by atoms with Crippen molar-refractivity contribution in [1.29, 1.82) is 0 Å². The Morgan fingerprint density at radius 1 is 0.971 bits per heavy atom. The Morgan fingerprint density at radius 3 is 1.97 bits per heavy atom. The average Bonchev–Trinajstić information content (AvgIpc) is 2.75. The summed E-state index contributed by atoms with van der Waals surface area (Å²) in [4.78, 5) is 33.2. The first-order valence-electron chi connectivity index (χ1n) is 14.3. The fraction of sp³-hybridized carbons (Fsp3) is 0.963. The molecule has 0 heterocycles. The van der Waals surface area contributed by atoms with Crippen molar-refractivity contribution in [2.45, 2.75) is 135 Å². The third-order valence-electron chi connectivity index (χ3n) is 7.11. The predicted molar refractivity (Wildman–Crippen MR) is 142 cm³/mol. The highest BCUT2D eigenvalue weighted by molar-refractivity contribution is 7.44. The van der Waals surface area contributed by atoms with Crippen LogP contribution in [-0.4, -0.2) is 55.1 Å². The largest absolute Gasteiger partial charge is 0.756 e. The zero-order valence-corrected chi connectivity index (χ0v) is 24.0. The quantitative estimate of drug-likeness (QED) is 0.122. The second-order valence-electron chi connectivity index (χ2n) is 11.8.